The minimum absolute atomic E-state index is 0.397. The molecule has 0 aliphatic rings. The Bertz CT molecular complexity index is 380. The molecule has 4 nitrogen and oxygen atoms in total. The Hall–Kier alpha value is -1.55. The molecule has 1 aromatic rings. The fourth-order valence-electron chi connectivity index (χ4n) is 2.15. The lowest BCUT2D eigenvalue weighted by Gasteiger charge is -2.30. The van der Waals surface area contributed by atoms with E-state index in [9.17, 15) is 4.79 Å². The quantitative estimate of drug-likeness (QED) is 0.822. The van der Waals surface area contributed by atoms with Crippen molar-refractivity contribution < 1.29 is 4.79 Å². The van der Waals surface area contributed by atoms with Crippen molar-refractivity contribution >= 4 is 11.7 Å². The van der Waals surface area contributed by atoms with Gasteiger partial charge in [-0.2, -0.15) is 0 Å². The summed E-state index contributed by atoms with van der Waals surface area (Å²) >= 11 is 0. The summed E-state index contributed by atoms with van der Waals surface area (Å²) in [5, 5.41) is 0. The molecule has 0 bridgehead atoms. The van der Waals surface area contributed by atoms with E-state index in [1.165, 1.54) is 0 Å². The molecular weight excluding hydrogens is 238 g/mol. The van der Waals surface area contributed by atoms with Crippen LogP contribution in [0.5, 0.6) is 0 Å². The lowest BCUT2D eigenvalue weighted by Crippen LogP contribution is -2.43. The lowest BCUT2D eigenvalue weighted by molar-refractivity contribution is 0.217. The van der Waals surface area contributed by atoms with Crippen LogP contribution in [0, 0.1) is 0 Å². The summed E-state index contributed by atoms with van der Waals surface area (Å²) < 4.78 is 0. The highest BCUT2D eigenvalue weighted by Crippen LogP contribution is 2.13. The number of nitrogens with two attached hydrogens (primary N) is 1. The number of primary amides is 1. The average Bonchev–Trinajstić information content (AvgIpc) is 2.43. The molecule has 1 atom stereocenters. The molecular formula is C15H25N3O. The number of carbonyl (C=O) groups excluding carboxylic acids is 1. The molecule has 2 amide bonds. The van der Waals surface area contributed by atoms with Gasteiger partial charge in [0.2, 0.25) is 0 Å². The standard InChI is InChI=1S/C15H25N3O/c1-4-13(3)17(5-2)11-12-18(15(16)19)14-9-7-6-8-10-14/h6-10,13H,4-5,11-12H2,1-3H3,(H2,16,19). The number of hydrogen-bond donors (Lipinski definition) is 1. The predicted octanol–water partition coefficient (Wildman–Crippen LogP) is 2.69. The fourth-order valence-corrected chi connectivity index (χ4v) is 2.15. The van der Waals surface area contributed by atoms with Crippen molar-refractivity contribution in [2.75, 3.05) is 24.5 Å². The Morgan fingerprint density at radius 3 is 2.32 bits per heavy atom. The molecule has 0 aliphatic heterocycles. The molecule has 0 fully saturated rings. The Morgan fingerprint density at radius 1 is 1.21 bits per heavy atom. The van der Waals surface area contributed by atoms with Crippen LogP contribution in [0.15, 0.2) is 30.3 Å². The number of carbonyl (C=O) groups is 1. The van der Waals surface area contributed by atoms with Crippen molar-refractivity contribution in [3.05, 3.63) is 30.3 Å². The first-order chi connectivity index (χ1) is 9.10. The van der Waals surface area contributed by atoms with Crippen molar-refractivity contribution in [2.45, 2.75) is 33.2 Å². The van der Waals surface area contributed by atoms with Gasteiger partial charge in [-0.05, 0) is 32.0 Å². The van der Waals surface area contributed by atoms with E-state index in [4.69, 9.17) is 5.73 Å². The van der Waals surface area contributed by atoms with E-state index in [1.807, 2.05) is 30.3 Å². The second-order valence-electron chi connectivity index (χ2n) is 4.71. The monoisotopic (exact) mass is 263 g/mol. The molecule has 0 saturated heterocycles. The number of benzene rings is 1. The third kappa shape index (κ3) is 4.56. The smallest absolute Gasteiger partial charge is 0.319 e. The molecule has 0 saturated carbocycles. The molecule has 0 radical (unpaired) electrons. The van der Waals surface area contributed by atoms with Crippen LogP contribution in [0.4, 0.5) is 10.5 Å². The minimum atomic E-state index is -0.397. The van der Waals surface area contributed by atoms with Gasteiger partial charge in [0.05, 0.1) is 0 Å². The zero-order valence-electron chi connectivity index (χ0n) is 12.2. The highest BCUT2D eigenvalue weighted by molar-refractivity contribution is 5.90. The van der Waals surface area contributed by atoms with E-state index in [2.05, 4.69) is 25.7 Å². The lowest BCUT2D eigenvalue weighted by atomic mass is 10.2. The summed E-state index contributed by atoms with van der Waals surface area (Å²) in [4.78, 5) is 15.6. The number of amides is 2. The van der Waals surface area contributed by atoms with E-state index < -0.39 is 6.03 Å². The molecule has 0 spiro atoms. The van der Waals surface area contributed by atoms with Crippen molar-refractivity contribution in [1.82, 2.24) is 4.90 Å². The van der Waals surface area contributed by atoms with E-state index in [-0.39, 0.29) is 0 Å². The number of anilines is 1. The van der Waals surface area contributed by atoms with Gasteiger partial charge in [0.15, 0.2) is 0 Å². The number of nitrogens with zero attached hydrogens (tertiary/aromatic N) is 2. The third-order valence-corrected chi connectivity index (χ3v) is 3.57. The van der Waals surface area contributed by atoms with Gasteiger partial charge >= 0.3 is 6.03 Å². The Morgan fingerprint density at radius 2 is 1.84 bits per heavy atom. The van der Waals surface area contributed by atoms with Gasteiger partial charge in [-0.1, -0.05) is 32.0 Å². The highest BCUT2D eigenvalue weighted by Gasteiger charge is 2.15. The number of urea groups is 1. The predicted molar refractivity (Wildman–Crippen MR) is 80.4 cm³/mol. The molecule has 1 rings (SSSR count). The number of hydrogen-bond acceptors (Lipinski definition) is 2. The van der Waals surface area contributed by atoms with Crippen LogP contribution in [0.25, 0.3) is 0 Å². The van der Waals surface area contributed by atoms with Crippen molar-refractivity contribution in [1.29, 1.82) is 0 Å². The van der Waals surface area contributed by atoms with Crippen molar-refractivity contribution in [3.8, 4) is 0 Å². The summed E-state index contributed by atoms with van der Waals surface area (Å²) in [6, 6.07) is 9.70. The Balaban J connectivity index is 2.68. The first-order valence-corrected chi connectivity index (χ1v) is 6.96. The summed E-state index contributed by atoms with van der Waals surface area (Å²) in [6.07, 6.45) is 1.11. The van der Waals surface area contributed by atoms with Gasteiger partial charge in [0, 0.05) is 24.8 Å². The van der Waals surface area contributed by atoms with Crippen LogP contribution in [-0.2, 0) is 0 Å². The molecule has 19 heavy (non-hydrogen) atoms. The third-order valence-electron chi connectivity index (χ3n) is 3.57. The minimum Gasteiger partial charge on any atom is -0.351 e. The second-order valence-corrected chi connectivity index (χ2v) is 4.71. The topological polar surface area (TPSA) is 49.6 Å². The first-order valence-electron chi connectivity index (χ1n) is 6.96. The maximum Gasteiger partial charge on any atom is 0.319 e. The average molecular weight is 263 g/mol. The summed E-state index contributed by atoms with van der Waals surface area (Å²) in [5.41, 5.74) is 6.33. The Kier molecular flexibility index (Phi) is 6.36. The molecule has 2 N–H and O–H groups in total. The summed E-state index contributed by atoms with van der Waals surface area (Å²) in [5.74, 6) is 0. The van der Waals surface area contributed by atoms with Crippen LogP contribution >= 0.6 is 0 Å². The number of likely N-dealkylation sites (N-methyl/N-ethyl adjacent to an activating group) is 1. The summed E-state index contributed by atoms with van der Waals surface area (Å²) in [6.45, 7) is 8.97. The first kappa shape index (κ1) is 15.5. The van der Waals surface area contributed by atoms with Gasteiger partial charge in [0.25, 0.3) is 0 Å². The van der Waals surface area contributed by atoms with E-state index in [1.54, 1.807) is 4.90 Å². The maximum absolute atomic E-state index is 11.6. The maximum atomic E-state index is 11.6. The van der Waals surface area contributed by atoms with Gasteiger partial charge < -0.3 is 5.73 Å². The largest absolute Gasteiger partial charge is 0.351 e. The molecule has 0 aromatic heterocycles. The van der Waals surface area contributed by atoms with Crippen LogP contribution in [0.2, 0.25) is 0 Å². The molecule has 4 heteroatoms. The van der Waals surface area contributed by atoms with Gasteiger partial charge in [0.1, 0.15) is 0 Å². The Labute approximate surface area is 116 Å². The molecule has 1 aromatic carbocycles. The van der Waals surface area contributed by atoms with Crippen LogP contribution in [-0.4, -0.2) is 36.6 Å². The summed E-state index contributed by atoms with van der Waals surface area (Å²) in [7, 11) is 0. The van der Waals surface area contributed by atoms with Crippen LogP contribution in [0.3, 0.4) is 0 Å². The number of rotatable bonds is 7. The highest BCUT2D eigenvalue weighted by atomic mass is 16.2. The molecule has 0 aliphatic carbocycles. The van der Waals surface area contributed by atoms with E-state index in [0.29, 0.717) is 12.6 Å². The van der Waals surface area contributed by atoms with Gasteiger partial charge in [-0.15, -0.1) is 0 Å². The molecule has 0 heterocycles. The SMILES string of the molecule is CCC(C)N(CC)CCN(C(N)=O)c1ccccc1. The fraction of sp³-hybridized carbons (Fsp3) is 0.533. The van der Waals surface area contributed by atoms with E-state index in [0.717, 1.165) is 25.2 Å². The zero-order valence-corrected chi connectivity index (χ0v) is 12.2. The van der Waals surface area contributed by atoms with Crippen LogP contribution < -0.4 is 10.6 Å². The second kappa shape index (κ2) is 7.79. The van der Waals surface area contributed by atoms with Gasteiger partial charge in [-0.3, -0.25) is 9.80 Å². The van der Waals surface area contributed by atoms with Gasteiger partial charge in [-0.25, -0.2) is 4.79 Å². The molecule has 106 valence electrons. The van der Waals surface area contributed by atoms with Crippen LogP contribution in [0.1, 0.15) is 27.2 Å². The van der Waals surface area contributed by atoms with Crippen molar-refractivity contribution in [2.24, 2.45) is 5.73 Å². The normalized spacial score (nSPS) is 12.4. The van der Waals surface area contributed by atoms with Crippen molar-refractivity contribution in [3.63, 3.8) is 0 Å². The van der Waals surface area contributed by atoms with E-state index >= 15 is 0 Å². The number of para-hydroxylation sites is 1. The molecule has 1 unspecified atom stereocenters. The zero-order chi connectivity index (χ0) is 14.3.